The minimum Gasteiger partial charge on any atom is -0.396 e. The van der Waals surface area contributed by atoms with E-state index >= 15 is 0 Å². The summed E-state index contributed by atoms with van der Waals surface area (Å²) in [6.45, 7) is 1.72. The first-order valence-corrected chi connectivity index (χ1v) is 7.16. The number of aryl methyl sites for hydroxylation is 1. The zero-order valence-electron chi connectivity index (χ0n) is 9.68. The second-order valence-electron chi connectivity index (χ2n) is 4.43. The van der Waals surface area contributed by atoms with Crippen LogP contribution in [0, 0.1) is 12.8 Å². The van der Waals surface area contributed by atoms with Gasteiger partial charge in [0.2, 0.25) is 0 Å². The Bertz CT molecular complexity index is 483. The highest BCUT2D eigenvalue weighted by atomic mass is 32.2. The van der Waals surface area contributed by atoms with Gasteiger partial charge in [-0.2, -0.15) is 0 Å². The van der Waals surface area contributed by atoms with Crippen molar-refractivity contribution in [3.63, 3.8) is 0 Å². The molecule has 1 aromatic heterocycles. The minimum absolute atomic E-state index is 0.0220. The molecule has 0 spiro atoms. The van der Waals surface area contributed by atoms with Gasteiger partial charge in [-0.25, -0.2) is 18.1 Å². The van der Waals surface area contributed by atoms with Crippen molar-refractivity contribution in [2.24, 2.45) is 5.92 Å². The number of aliphatic hydroxyl groups is 1. The molecule has 0 radical (unpaired) electrons. The van der Waals surface area contributed by atoms with Gasteiger partial charge in [0, 0.05) is 12.6 Å². The van der Waals surface area contributed by atoms with E-state index < -0.39 is 10.0 Å². The lowest BCUT2D eigenvalue weighted by Crippen LogP contribution is -2.38. The largest absolute Gasteiger partial charge is 0.396 e. The molecule has 1 aromatic rings. The van der Waals surface area contributed by atoms with Gasteiger partial charge in [0.05, 0.1) is 6.20 Å². The maximum atomic E-state index is 12.0. The molecule has 1 saturated carbocycles. The number of rotatable bonds is 4. The highest BCUT2D eigenvalue weighted by molar-refractivity contribution is 7.89. The van der Waals surface area contributed by atoms with Crippen molar-refractivity contribution in [2.45, 2.75) is 37.3 Å². The first-order valence-electron chi connectivity index (χ1n) is 5.68. The molecule has 3 N–H and O–H groups in total. The van der Waals surface area contributed by atoms with Crippen LogP contribution in [-0.2, 0) is 10.0 Å². The highest BCUT2D eigenvalue weighted by Gasteiger charge is 2.31. The fourth-order valence-electron chi connectivity index (χ4n) is 2.21. The Labute approximate surface area is 101 Å². The molecule has 1 fully saturated rings. The van der Waals surface area contributed by atoms with Crippen LogP contribution < -0.4 is 4.72 Å². The Kier molecular flexibility index (Phi) is 3.50. The van der Waals surface area contributed by atoms with Crippen molar-refractivity contribution in [3.8, 4) is 0 Å². The molecule has 6 nitrogen and oxygen atoms in total. The van der Waals surface area contributed by atoms with Crippen LogP contribution in [0.15, 0.2) is 11.2 Å². The summed E-state index contributed by atoms with van der Waals surface area (Å²) in [6.07, 6.45) is 3.89. The number of hydrogen-bond acceptors (Lipinski definition) is 4. The monoisotopic (exact) mass is 259 g/mol. The quantitative estimate of drug-likeness (QED) is 0.717. The number of aromatic nitrogens is 2. The van der Waals surface area contributed by atoms with Crippen LogP contribution in [0.4, 0.5) is 0 Å². The normalized spacial score (nSPS) is 25.3. The van der Waals surface area contributed by atoms with Gasteiger partial charge in [-0.15, -0.1) is 0 Å². The number of aromatic amines is 1. The van der Waals surface area contributed by atoms with E-state index in [2.05, 4.69) is 14.7 Å². The summed E-state index contributed by atoms with van der Waals surface area (Å²) in [6, 6.07) is -0.173. The maximum Gasteiger partial charge on any atom is 0.257 e. The van der Waals surface area contributed by atoms with Crippen molar-refractivity contribution >= 4 is 10.0 Å². The molecule has 2 atom stereocenters. The third-order valence-electron chi connectivity index (χ3n) is 3.17. The lowest BCUT2D eigenvalue weighted by molar-refractivity contribution is 0.213. The van der Waals surface area contributed by atoms with Gasteiger partial charge in [0.25, 0.3) is 10.0 Å². The smallest absolute Gasteiger partial charge is 0.257 e. The number of sulfonamides is 1. The van der Waals surface area contributed by atoms with E-state index in [1.165, 1.54) is 6.20 Å². The van der Waals surface area contributed by atoms with E-state index in [0.717, 1.165) is 19.3 Å². The van der Waals surface area contributed by atoms with E-state index in [0.29, 0.717) is 5.82 Å². The van der Waals surface area contributed by atoms with Crippen molar-refractivity contribution < 1.29 is 13.5 Å². The molecule has 0 bridgehead atoms. The van der Waals surface area contributed by atoms with Gasteiger partial charge in [-0.05, 0) is 25.7 Å². The van der Waals surface area contributed by atoms with Crippen molar-refractivity contribution in [2.75, 3.05) is 6.61 Å². The van der Waals surface area contributed by atoms with E-state index in [1.54, 1.807) is 6.92 Å². The van der Waals surface area contributed by atoms with Gasteiger partial charge in [-0.3, -0.25) is 0 Å². The fraction of sp³-hybridized carbons (Fsp3) is 0.700. The molecule has 2 unspecified atom stereocenters. The summed E-state index contributed by atoms with van der Waals surface area (Å²) in [5, 5.41) is 9.24. The van der Waals surface area contributed by atoms with Crippen LogP contribution in [0.2, 0.25) is 0 Å². The van der Waals surface area contributed by atoms with E-state index in [9.17, 15) is 8.42 Å². The predicted molar refractivity (Wildman–Crippen MR) is 61.9 cm³/mol. The van der Waals surface area contributed by atoms with Crippen LogP contribution in [0.25, 0.3) is 0 Å². The van der Waals surface area contributed by atoms with Crippen LogP contribution in [0.5, 0.6) is 0 Å². The van der Waals surface area contributed by atoms with Crippen LogP contribution in [0.1, 0.15) is 25.1 Å². The number of H-pyrrole nitrogens is 1. The Hall–Kier alpha value is -0.920. The molecule has 2 rings (SSSR count). The number of imidazole rings is 1. The second-order valence-corrected chi connectivity index (χ2v) is 6.12. The van der Waals surface area contributed by atoms with Crippen molar-refractivity contribution in [1.29, 1.82) is 0 Å². The molecule has 1 heterocycles. The third-order valence-corrected chi connectivity index (χ3v) is 4.57. The van der Waals surface area contributed by atoms with Crippen molar-refractivity contribution in [3.05, 3.63) is 12.0 Å². The molecule has 7 heteroatoms. The standard InChI is InChI=1S/C10H17N3O3S/c1-7-11-5-10(12-7)17(15,16)13-9-4-2-3-8(9)6-14/h5,8-9,13-14H,2-4,6H2,1H3,(H,11,12). The Balaban J connectivity index is 2.12. The van der Waals surface area contributed by atoms with E-state index in [1.807, 2.05) is 0 Å². The minimum atomic E-state index is -3.55. The van der Waals surface area contributed by atoms with Gasteiger partial charge in [0.15, 0.2) is 5.03 Å². The van der Waals surface area contributed by atoms with Crippen molar-refractivity contribution in [1.82, 2.24) is 14.7 Å². The predicted octanol–water partition coefficient (Wildman–Crippen LogP) is 0.157. The summed E-state index contributed by atoms with van der Waals surface area (Å²) in [5.74, 6) is 0.587. The summed E-state index contributed by atoms with van der Waals surface area (Å²) in [5.41, 5.74) is 0. The Morgan fingerprint density at radius 3 is 2.94 bits per heavy atom. The van der Waals surface area contributed by atoms with E-state index in [-0.39, 0.29) is 23.6 Å². The van der Waals surface area contributed by atoms with Crippen LogP contribution >= 0.6 is 0 Å². The zero-order valence-corrected chi connectivity index (χ0v) is 10.5. The highest BCUT2D eigenvalue weighted by Crippen LogP contribution is 2.26. The number of nitrogens with one attached hydrogen (secondary N) is 2. The third kappa shape index (κ3) is 2.67. The second kappa shape index (κ2) is 4.75. The summed E-state index contributed by atoms with van der Waals surface area (Å²) in [4.78, 5) is 6.57. The van der Waals surface area contributed by atoms with Crippen LogP contribution in [0.3, 0.4) is 0 Å². The molecule has 1 aliphatic carbocycles. The maximum absolute atomic E-state index is 12.0. The summed E-state index contributed by atoms with van der Waals surface area (Å²) in [7, 11) is -3.55. The molecule has 0 saturated heterocycles. The molecular formula is C10H17N3O3S. The zero-order chi connectivity index (χ0) is 12.5. The molecule has 1 aliphatic rings. The van der Waals surface area contributed by atoms with E-state index in [4.69, 9.17) is 5.11 Å². The molecule has 0 amide bonds. The fourth-order valence-corrected chi connectivity index (χ4v) is 3.52. The van der Waals surface area contributed by atoms with Gasteiger partial charge in [-0.1, -0.05) is 6.42 Å². The average Bonchev–Trinajstić information content (AvgIpc) is 2.86. The lowest BCUT2D eigenvalue weighted by Gasteiger charge is -2.18. The number of hydrogen-bond donors (Lipinski definition) is 3. The molecule has 0 aromatic carbocycles. The Morgan fingerprint density at radius 2 is 2.35 bits per heavy atom. The summed E-state index contributed by atoms with van der Waals surface area (Å²) < 4.78 is 26.6. The molecule has 0 aliphatic heterocycles. The van der Waals surface area contributed by atoms with Crippen LogP contribution in [-0.4, -0.2) is 36.1 Å². The SMILES string of the molecule is Cc1ncc(S(=O)(=O)NC2CCCC2CO)[nH]1. The first-order chi connectivity index (χ1) is 8.03. The summed E-state index contributed by atoms with van der Waals surface area (Å²) >= 11 is 0. The number of aliphatic hydroxyl groups excluding tert-OH is 1. The van der Waals surface area contributed by atoms with Gasteiger partial charge >= 0.3 is 0 Å². The average molecular weight is 259 g/mol. The molecule has 96 valence electrons. The van der Waals surface area contributed by atoms with Gasteiger partial charge in [0.1, 0.15) is 5.82 Å². The topological polar surface area (TPSA) is 95.1 Å². The molecule has 17 heavy (non-hydrogen) atoms. The first kappa shape index (κ1) is 12.5. The lowest BCUT2D eigenvalue weighted by atomic mass is 10.1. The Morgan fingerprint density at radius 1 is 1.59 bits per heavy atom. The number of nitrogens with zero attached hydrogens (tertiary/aromatic N) is 1. The molecular weight excluding hydrogens is 242 g/mol. The van der Waals surface area contributed by atoms with Gasteiger partial charge < -0.3 is 10.1 Å².